The van der Waals surface area contributed by atoms with Crippen molar-refractivity contribution in [2.75, 3.05) is 13.2 Å². The van der Waals surface area contributed by atoms with E-state index in [1.54, 1.807) is 10.9 Å². The van der Waals surface area contributed by atoms with Crippen molar-refractivity contribution in [1.82, 2.24) is 30.3 Å². The Kier molecular flexibility index (Phi) is 5.26. The van der Waals surface area contributed by atoms with E-state index in [0.717, 1.165) is 29.9 Å². The zero-order valence-corrected chi connectivity index (χ0v) is 17.0. The van der Waals surface area contributed by atoms with Gasteiger partial charge in [-0.1, -0.05) is 29.5 Å². The molecular formula is C23H22N6O2. The molecular weight excluding hydrogens is 392 g/mol. The average Bonchev–Trinajstić information content (AvgIpc) is 3.21. The van der Waals surface area contributed by atoms with Crippen LogP contribution in [0.25, 0.3) is 16.9 Å². The first-order chi connectivity index (χ1) is 15.2. The molecule has 8 heteroatoms. The summed E-state index contributed by atoms with van der Waals surface area (Å²) in [6.45, 7) is 0.984. The molecule has 6 heterocycles. The van der Waals surface area contributed by atoms with Gasteiger partial charge in [0.25, 0.3) is 0 Å². The number of hydrogen-bond acceptors (Lipinski definition) is 6. The van der Waals surface area contributed by atoms with E-state index in [1.165, 1.54) is 5.56 Å². The van der Waals surface area contributed by atoms with Crippen molar-refractivity contribution < 1.29 is 9.53 Å². The molecule has 0 saturated carbocycles. The number of aryl methyl sites for hydroxylation is 1. The van der Waals surface area contributed by atoms with Crippen molar-refractivity contribution >= 4 is 17.1 Å². The van der Waals surface area contributed by atoms with Crippen LogP contribution in [-0.2, 0) is 17.6 Å². The second kappa shape index (κ2) is 8.51. The van der Waals surface area contributed by atoms with Crippen molar-refractivity contribution in [3.63, 3.8) is 0 Å². The van der Waals surface area contributed by atoms with E-state index in [4.69, 9.17) is 9.72 Å². The molecule has 156 valence electrons. The smallest absolute Gasteiger partial charge is 0.223 e. The molecule has 31 heavy (non-hydrogen) atoms. The van der Waals surface area contributed by atoms with Gasteiger partial charge in [0.05, 0.1) is 24.9 Å². The quantitative estimate of drug-likeness (QED) is 0.475. The molecule has 0 saturated heterocycles. The molecule has 6 bridgehead atoms. The van der Waals surface area contributed by atoms with E-state index in [0.29, 0.717) is 42.9 Å². The lowest BCUT2D eigenvalue weighted by molar-refractivity contribution is -0.121. The maximum absolute atomic E-state index is 12.0. The summed E-state index contributed by atoms with van der Waals surface area (Å²) in [7, 11) is 0. The first kappa shape index (κ1) is 19.2. The lowest BCUT2D eigenvalue weighted by Gasteiger charge is -2.08. The highest BCUT2D eigenvalue weighted by atomic mass is 16.5. The van der Waals surface area contributed by atoms with Crippen molar-refractivity contribution in [3.05, 3.63) is 71.7 Å². The first-order valence-electron chi connectivity index (χ1n) is 10.4. The van der Waals surface area contributed by atoms with Crippen LogP contribution in [0.2, 0.25) is 0 Å². The highest BCUT2D eigenvalue weighted by Gasteiger charge is 2.11. The van der Waals surface area contributed by atoms with Gasteiger partial charge >= 0.3 is 0 Å². The van der Waals surface area contributed by atoms with Crippen LogP contribution in [0.3, 0.4) is 0 Å². The number of ether oxygens (including phenoxy) is 1. The highest BCUT2D eigenvalue weighted by molar-refractivity contribution is 5.76. The van der Waals surface area contributed by atoms with Gasteiger partial charge in [0.2, 0.25) is 5.91 Å². The van der Waals surface area contributed by atoms with Crippen molar-refractivity contribution in [1.29, 1.82) is 0 Å². The summed E-state index contributed by atoms with van der Waals surface area (Å²) in [6, 6.07) is 16.0. The van der Waals surface area contributed by atoms with Gasteiger partial charge in [0, 0.05) is 13.0 Å². The molecule has 8 rings (SSSR count). The molecule has 1 amide bonds. The molecule has 0 spiro atoms. The lowest BCUT2D eigenvalue weighted by Crippen LogP contribution is -2.26. The monoisotopic (exact) mass is 414 g/mol. The maximum atomic E-state index is 12.0. The molecule has 2 aromatic carbocycles. The molecule has 0 atom stereocenters. The number of nitrogens with one attached hydrogen (secondary N) is 1. The van der Waals surface area contributed by atoms with E-state index in [2.05, 4.69) is 44.9 Å². The number of benzene rings is 2. The van der Waals surface area contributed by atoms with Gasteiger partial charge in [-0.15, -0.1) is 5.10 Å². The standard InChI is InChI=1S/C23H22N6O2/c30-22-11-13-31-19-9-7-18(8-10-19)29-23-20(27-28-29)15-25-21(26-23)14-17-5-3-16(4-6-17)2-1-12-24-22/h3-10,15H,1-2,11-14H2,(H,24,30). The van der Waals surface area contributed by atoms with Crippen LogP contribution in [0, 0.1) is 0 Å². The summed E-state index contributed by atoms with van der Waals surface area (Å²) in [6.07, 6.45) is 4.47. The number of amides is 1. The zero-order chi connectivity index (χ0) is 21.0. The Bertz CT molecular complexity index is 1200. The third-order valence-electron chi connectivity index (χ3n) is 5.27. The summed E-state index contributed by atoms with van der Waals surface area (Å²) >= 11 is 0. The molecule has 8 nitrogen and oxygen atoms in total. The van der Waals surface area contributed by atoms with E-state index >= 15 is 0 Å². The van der Waals surface area contributed by atoms with Gasteiger partial charge < -0.3 is 10.1 Å². The highest BCUT2D eigenvalue weighted by Crippen LogP contribution is 2.19. The fourth-order valence-corrected chi connectivity index (χ4v) is 3.58. The fraction of sp³-hybridized carbons (Fsp3) is 0.261. The summed E-state index contributed by atoms with van der Waals surface area (Å²) in [5, 5.41) is 11.4. The van der Waals surface area contributed by atoms with E-state index in [1.807, 2.05) is 24.3 Å². The fourth-order valence-electron chi connectivity index (χ4n) is 3.58. The Morgan fingerprint density at radius 2 is 1.77 bits per heavy atom. The van der Waals surface area contributed by atoms with Crippen molar-refractivity contribution in [2.45, 2.75) is 25.7 Å². The Morgan fingerprint density at radius 1 is 0.968 bits per heavy atom. The molecule has 0 radical (unpaired) electrons. The van der Waals surface area contributed by atoms with Gasteiger partial charge in [-0.25, -0.2) is 9.97 Å². The Hall–Kier alpha value is -3.81. The van der Waals surface area contributed by atoms with Gasteiger partial charge in [-0.3, -0.25) is 4.79 Å². The normalized spacial score (nSPS) is 14.9. The molecule has 4 aromatic rings. The van der Waals surface area contributed by atoms with Crippen molar-refractivity contribution in [2.24, 2.45) is 0 Å². The van der Waals surface area contributed by atoms with Crippen LogP contribution in [0.5, 0.6) is 5.75 Å². The van der Waals surface area contributed by atoms with Crippen LogP contribution in [0.15, 0.2) is 54.7 Å². The molecule has 4 aliphatic heterocycles. The predicted molar refractivity (Wildman–Crippen MR) is 115 cm³/mol. The number of carbonyl (C=O) groups is 1. The summed E-state index contributed by atoms with van der Waals surface area (Å²) in [5.41, 5.74) is 4.52. The molecule has 4 aliphatic rings. The lowest BCUT2D eigenvalue weighted by atomic mass is 10.1. The minimum absolute atomic E-state index is 0.000663. The first-order valence-corrected chi connectivity index (χ1v) is 10.4. The van der Waals surface area contributed by atoms with Crippen LogP contribution in [0.4, 0.5) is 0 Å². The molecule has 2 aromatic heterocycles. The van der Waals surface area contributed by atoms with E-state index in [9.17, 15) is 4.79 Å². The van der Waals surface area contributed by atoms with Crippen LogP contribution < -0.4 is 10.1 Å². The number of aromatic nitrogens is 5. The summed E-state index contributed by atoms with van der Waals surface area (Å²) in [5.74, 6) is 1.42. The minimum Gasteiger partial charge on any atom is -0.493 e. The van der Waals surface area contributed by atoms with Gasteiger partial charge in [0.1, 0.15) is 11.6 Å². The topological polar surface area (TPSA) is 94.8 Å². The van der Waals surface area contributed by atoms with Crippen molar-refractivity contribution in [3.8, 4) is 11.4 Å². The molecule has 1 N–H and O–H groups in total. The van der Waals surface area contributed by atoms with Gasteiger partial charge in [0.15, 0.2) is 11.2 Å². The Morgan fingerprint density at radius 3 is 2.61 bits per heavy atom. The number of carbonyl (C=O) groups excluding carboxylic acids is 1. The van der Waals surface area contributed by atoms with Crippen LogP contribution in [0.1, 0.15) is 29.8 Å². The number of rotatable bonds is 0. The zero-order valence-electron chi connectivity index (χ0n) is 17.0. The predicted octanol–water partition coefficient (Wildman–Crippen LogP) is 2.63. The minimum atomic E-state index is 0.000663. The average molecular weight is 414 g/mol. The molecule has 0 fully saturated rings. The maximum Gasteiger partial charge on any atom is 0.223 e. The number of hydrogen-bond donors (Lipinski definition) is 1. The molecule has 0 aliphatic carbocycles. The third-order valence-corrected chi connectivity index (χ3v) is 5.27. The third kappa shape index (κ3) is 4.37. The van der Waals surface area contributed by atoms with E-state index < -0.39 is 0 Å². The van der Waals surface area contributed by atoms with Gasteiger partial charge in [-0.05, 0) is 48.2 Å². The summed E-state index contributed by atoms with van der Waals surface area (Å²) < 4.78 is 7.41. The Balaban J connectivity index is 1.48. The van der Waals surface area contributed by atoms with Gasteiger partial charge in [-0.2, -0.15) is 4.68 Å². The second-order valence-electron chi connectivity index (χ2n) is 7.54. The van der Waals surface area contributed by atoms with E-state index in [-0.39, 0.29) is 5.91 Å². The Labute approximate surface area is 179 Å². The summed E-state index contributed by atoms with van der Waals surface area (Å²) in [4.78, 5) is 21.2. The SMILES string of the molecule is O=C1CCOc2ccc(cc2)-n2nnc3cnc(nc32)Cc2ccc(cc2)CCCN1. The van der Waals surface area contributed by atoms with Crippen LogP contribution >= 0.6 is 0 Å². The van der Waals surface area contributed by atoms with Crippen LogP contribution in [-0.4, -0.2) is 44.0 Å². The number of nitrogens with zero attached hydrogens (tertiary/aromatic N) is 5. The molecule has 0 unspecified atom stereocenters. The largest absolute Gasteiger partial charge is 0.493 e. The second-order valence-corrected chi connectivity index (χ2v) is 7.54.